The van der Waals surface area contributed by atoms with Gasteiger partial charge in [0.25, 0.3) is 10.1 Å². The maximum atomic E-state index is 12.1. The smallest absolute Gasteiger partial charge is 0.300 e. The lowest BCUT2D eigenvalue weighted by molar-refractivity contribution is -0.279. The third-order valence-corrected chi connectivity index (χ3v) is 4.25. The van der Waals surface area contributed by atoms with E-state index in [9.17, 15) is 13.5 Å². The van der Waals surface area contributed by atoms with Crippen LogP contribution in [0.4, 0.5) is 0 Å². The van der Waals surface area contributed by atoms with Crippen molar-refractivity contribution in [3.63, 3.8) is 0 Å². The molecule has 0 bridgehead atoms. The second-order valence-electron chi connectivity index (χ2n) is 4.44. The van der Waals surface area contributed by atoms with Gasteiger partial charge in [-0.05, 0) is 25.0 Å². The molecule has 5 nitrogen and oxygen atoms in total. The molecule has 0 atom stereocenters. The van der Waals surface area contributed by atoms with Gasteiger partial charge in [-0.1, -0.05) is 24.6 Å². The Kier molecular flexibility index (Phi) is 3.46. The van der Waals surface area contributed by atoms with Crippen molar-refractivity contribution in [1.82, 2.24) is 0 Å². The fourth-order valence-corrected chi connectivity index (χ4v) is 3.16. The number of hydrogen-bond acceptors (Lipinski definition) is 5. The zero-order chi connectivity index (χ0) is 13.4. The highest BCUT2D eigenvalue weighted by atomic mass is 32.2. The van der Waals surface area contributed by atoms with Gasteiger partial charge in [0.05, 0.1) is 4.90 Å². The zero-order valence-electron chi connectivity index (χ0n) is 10.3. The minimum Gasteiger partial charge on any atom is -0.370 e. The van der Waals surface area contributed by atoms with Crippen LogP contribution in [0.3, 0.4) is 0 Å². The molecule has 1 fully saturated rings. The van der Waals surface area contributed by atoms with Gasteiger partial charge in [-0.2, -0.15) is 8.42 Å². The van der Waals surface area contributed by atoms with Gasteiger partial charge in [-0.25, -0.2) is 4.18 Å². The van der Waals surface area contributed by atoms with Crippen LogP contribution in [0.25, 0.3) is 0 Å². The summed E-state index contributed by atoms with van der Waals surface area (Å²) in [5.41, 5.74) is 1.66. The molecule has 100 valence electrons. The molecule has 0 radical (unpaired) electrons. The number of rotatable bonds is 4. The van der Waals surface area contributed by atoms with E-state index in [0.717, 1.165) is 5.56 Å². The molecule has 0 aliphatic carbocycles. The van der Waals surface area contributed by atoms with Crippen molar-refractivity contribution in [3.05, 3.63) is 29.3 Å². The minimum absolute atomic E-state index is 0.107. The van der Waals surface area contributed by atoms with E-state index in [1.807, 2.05) is 13.8 Å². The van der Waals surface area contributed by atoms with Crippen molar-refractivity contribution in [2.24, 2.45) is 0 Å². The Balaban J connectivity index is 2.35. The van der Waals surface area contributed by atoms with Crippen molar-refractivity contribution in [2.75, 3.05) is 13.2 Å². The van der Waals surface area contributed by atoms with E-state index in [1.54, 1.807) is 12.1 Å². The molecule has 0 saturated carbocycles. The Bertz CT molecular complexity index is 546. The van der Waals surface area contributed by atoms with Crippen LogP contribution in [-0.4, -0.2) is 32.5 Å². The predicted molar refractivity (Wildman–Crippen MR) is 64.6 cm³/mol. The lowest BCUT2D eigenvalue weighted by atomic mass is 10.1. The first-order valence-electron chi connectivity index (χ1n) is 5.72. The van der Waals surface area contributed by atoms with Crippen molar-refractivity contribution in [1.29, 1.82) is 0 Å². The van der Waals surface area contributed by atoms with Crippen molar-refractivity contribution in [2.45, 2.75) is 31.0 Å². The molecule has 1 heterocycles. The van der Waals surface area contributed by atoms with Gasteiger partial charge in [-0.15, -0.1) is 0 Å². The van der Waals surface area contributed by atoms with E-state index in [0.29, 0.717) is 12.0 Å². The van der Waals surface area contributed by atoms with Gasteiger partial charge in [-0.3, -0.25) is 0 Å². The third kappa shape index (κ3) is 2.56. The second-order valence-corrected chi connectivity index (χ2v) is 5.96. The Labute approximate surface area is 106 Å². The normalized spacial score (nSPS) is 18.4. The molecule has 1 saturated heterocycles. The van der Waals surface area contributed by atoms with Crippen molar-refractivity contribution < 1.29 is 22.4 Å². The summed E-state index contributed by atoms with van der Waals surface area (Å²) < 4.78 is 33.8. The largest absolute Gasteiger partial charge is 0.370 e. The highest BCUT2D eigenvalue weighted by Gasteiger charge is 2.42. The van der Waals surface area contributed by atoms with Crippen molar-refractivity contribution in [3.8, 4) is 0 Å². The standard InChI is InChI=1S/C12H16O5S/c1-3-10-6-9(2)4-5-11(10)18(14,15)17-12(13)7-16-8-12/h4-6,13H,3,7-8H2,1-2H3. The van der Waals surface area contributed by atoms with E-state index in [-0.39, 0.29) is 18.1 Å². The SMILES string of the molecule is CCc1cc(C)ccc1S(=O)(=O)OC1(O)COC1. The summed E-state index contributed by atoms with van der Waals surface area (Å²) in [6.07, 6.45) is 0.578. The highest BCUT2D eigenvalue weighted by Crippen LogP contribution is 2.27. The number of benzene rings is 1. The van der Waals surface area contributed by atoms with Crippen LogP contribution in [0.5, 0.6) is 0 Å². The molecule has 0 aromatic heterocycles. The van der Waals surface area contributed by atoms with Crippen LogP contribution < -0.4 is 0 Å². The minimum atomic E-state index is -3.97. The lowest BCUT2D eigenvalue weighted by Gasteiger charge is -2.34. The third-order valence-electron chi connectivity index (χ3n) is 2.79. The summed E-state index contributed by atoms with van der Waals surface area (Å²) in [5, 5.41) is 9.70. The fourth-order valence-electron chi connectivity index (χ4n) is 1.80. The first-order chi connectivity index (χ1) is 8.36. The molecule has 1 aromatic carbocycles. The Morgan fingerprint density at radius 3 is 2.61 bits per heavy atom. The van der Waals surface area contributed by atoms with Gasteiger partial charge in [0, 0.05) is 0 Å². The maximum Gasteiger partial charge on any atom is 0.300 e. The van der Waals surface area contributed by atoms with Gasteiger partial charge in [0.15, 0.2) is 0 Å². The lowest BCUT2D eigenvalue weighted by Crippen LogP contribution is -2.52. The summed E-state index contributed by atoms with van der Waals surface area (Å²) in [5.74, 6) is -1.71. The molecular formula is C12H16O5S. The first-order valence-corrected chi connectivity index (χ1v) is 7.12. The number of aliphatic hydroxyl groups is 1. The predicted octanol–water partition coefficient (Wildman–Crippen LogP) is 0.982. The molecule has 1 aliphatic rings. The van der Waals surface area contributed by atoms with Crippen LogP contribution in [-0.2, 0) is 25.5 Å². The summed E-state index contributed by atoms with van der Waals surface area (Å²) in [6, 6.07) is 5.01. The summed E-state index contributed by atoms with van der Waals surface area (Å²) in [6.45, 7) is 3.51. The second kappa shape index (κ2) is 4.62. The van der Waals surface area contributed by atoms with Crippen LogP contribution in [0.15, 0.2) is 23.1 Å². The molecule has 0 unspecified atom stereocenters. The van der Waals surface area contributed by atoms with E-state index in [2.05, 4.69) is 0 Å². The van der Waals surface area contributed by atoms with Crippen LogP contribution in [0, 0.1) is 6.92 Å². The van der Waals surface area contributed by atoms with Gasteiger partial charge in [0.2, 0.25) is 5.79 Å². The Morgan fingerprint density at radius 2 is 2.11 bits per heavy atom. The molecule has 18 heavy (non-hydrogen) atoms. The summed E-state index contributed by atoms with van der Waals surface area (Å²) in [7, 11) is -3.97. The monoisotopic (exact) mass is 272 g/mol. The number of aryl methyl sites for hydroxylation is 2. The number of ether oxygens (including phenoxy) is 1. The van der Waals surface area contributed by atoms with Gasteiger partial charge < -0.3 is 9.84 Å². The molecule has 0 spiro atoms. The molecule has 1 aliphatic heterocycles. The van der Waals surface area contributed by atoms with Crippen LogP contribution in [0.1, 0.15) is 18.1 Å². The van der Waals surface area contributed by atoms with Crippen molar-refractivity contribution >= 4 is 10.1 Å². The Morgan fingerprint density at radius 1 is 1.44 bits per heavy atom. The molecule has 1 N–H and O–H groups in total. The maximum absolute atomic E-state index is 12.1. The topological polar surface area (TPSA) is 72.8 Å². The van der Waals surface area contributed by atoms with Gasteiger partial charge >= 0.3 is 0 Å². The number of hydrogen-bond donors (Lipinski definition) is 1. The average Bonchev–Trinajstić information content (AvgIpc) is 2.25. The van der Waals surface area contributed by atoms with Crippen LogP contribution >= 0.6 is 0 Å². The van der Waals surface area contributed by atoms with E-state index in [1.165, 1.54) is 6.07 Å². The molecule has 6 heteroatoms. The molecule has 0 amide bonds. The van der Waals surface area contributed by atoms with Crippen LogP contribution in [0.2, 0.25) is 0 Å². The Hall–Kier alpha value is -0.950. The zero-order valence-corrected chi connectivity index (χ0v) is 11.2. The molecule has 2 rings (SSSR count). The van der Waals surface area contributed by atoms with E-state index in [4.69, 9.17) is 8.92 Å². The van der Waals surface area contributed by atoms with Gasteiger partial charge in [0.1, 0.15) is 13.2 Å². The summed E-state index contributed by atoms with van der Waals surface area (Å²) >= 11 is 0. The molecular weight excluding hydrogens is 256 g/mol. The van der Waals surface area contributed by atoms with E-state index < -0.39 is 15.9 Å². The quantitative estimate of drug-likeness (QED) is 0.653. The highest BCUT2D eigenvalue weighted by molar-refractivity contribution is 7.86. The average molecular weight is 272 g/mol. The van der Waals surface area contributed by atoms with E-state index >= 15 is 0 Å². The first kappa shape index (κ1) is 13.5. The fraction of sp³-hybridized carbons (Fsp3) is 0.500. The summed E-state index contributed by atoms with van der Waals surface area (Å²) in [4.78, 5) is 0.107. The molecule has 1 aromatic rings.